The molecule has 6 nitrogen and oxygen atoms in total. The minimum atomic E-state index is -0.0105. The summed E-state index contributed by atoms with van der Waals surface area (Å²) in [6.07, 6.45) is 3.96. The molecule has 3 aromatic rings. The van der Waals surface area contributed by atoms with Crippen LogP contribution in [0.3, 0.4) is 0 Å². The summed E-state index contributed by atoms with van der Waals surface area (Å²) in [7, 11) is 0. The van der Waals surface area contributed by atoms with E-state index in [0.717, 1.165) is 12.1 Å². The fourth-order valence-corrected chi connectivity index (χ4v) is 2.49. The van der Waals surface area contributed by atoms with Crippen LogP contribution in [0.2, 0.25) is 0 Å². The largest absolute Gasteiger partial charge is 0.424 e. The molecule has 0 bridgehead atoms. The summed E-state index contributed by atoms with van der Waals surface area (Å²) in [4.78, 5) is 0. The molecule has 2 heterocycles. The van der Waals surface area contributed by atoms with E-state index in [1.165, 1.54) is 5.56 Å². The summed E-state index contributed by atoms with van der Waals surface area (Å²) >= 11 is 0. The van der Waals surface area contributed by atoms with Crippen molar-refractivity contribution in [2.75, 3.05) is 0 Å². The summed E-state index contributed by atoms with van der Waals surface area (Å²) in [5, 5.41) is 15.8. The Labute approximate surface area is 135 Å². The Balaban J connectivity index is 1.63. The highest BCUT2D eigenvalue weighted by atomic mass is 16.4. The van der Waals surface area contributed by atoms with Crippen molar-refractivity contribution in [2.24, 2.45) is 0 Å². The van der Waals surface area contributed by atoms with Crippen LogP contribution in [-0.4, -0.2) is 20.0 Å². The maximum absolute atomic E-state index is 5.46. The maximum atomic E-state index is 5.46. The minimum absolute atomic E-state index is 0.0105. The number of nitrogens with zero attached hydrogens (tertiary/aromatic N) is 4. The Morgan fingerprint density at radius 3 is 2.61 bits per heavy atom. The van der Waals surface area contributed by atoms with Crippen molar-refractivity contribution in [3.8, 4) is 0 Å². The van der Waals surface area contributed by atoms with E-state index in [9.17, 15) is 0 Å². The normalized spacial score (nSPS) is 13.9. The monoisotopic (exact) mass is 311 g/mol. The standard InChI is InChI=1S/C17H21N5O/c1-12(19-13(2)17-21-20-14(3)23-17)16-9-18-22(11-16)10-15-7-5-4-6-8-15/h4-9,11-13,19H,10H2,1-3H3/t12-,13+/m1/s1. The van der Waals surface area contributed by atoms with Crippen LogP contribution in [0.1, 0.15) is 48.8 Å². The summed E-state index contributed by atoms with van der Waals surface area (Å²) in [5.74, 6) is 1.18. The topological polar surface area (TPSA) is 68.8 Å². The molecule has 0 fully saturated rings. The Morgan fingerprint density at radius 1 is 1.13 bits per heavy atom. The number of nitrogens with one attached hydrogen (secondary N) is 1. The molecule has 0 saturated carbocycles. The third-order valence-electron chi connectivity index (χ3n) is 3.75. The Bertz CT molecular complexity index is 749. The molecule has 0 unspecified atom stereocenters. The van der Waals surface area contributed by atoms with Gasteiger partial charge in [-0.25, -0.2) is 0 Å². The highest BCUT2D eigenvalue weighted by Crippen LogP contribution is 2.18. The summed E-state index contributed by atoms with van der Waals surface area (Å²) in [6, 6.07) is 10.4. The van der Waals surface area contributed by atoms with Crippen molar-refractivity contribution in [2.45, 2.75) is 39.4 Å². The molecule has 0 radical (unpaired) electrons. The van der Waals surface area contributed by atoms with E-state index in [1.807, 2.05) is 36.0 Å². The number of aryl methyl sites for hydroxylation is 1. The molecule has 6 heteroatoms. The Morgan fingerprint density at radius 2 is 1.91 bits per heavy atom. The lowest BCUT2D eigenvalue weighted by Gasteiger charge is -2.16. The molecule has 0 amide bonds. The Kier molecular flexibility index (Phi) is 4.52. The molecule has 0 aliphatic heterocycles. The molecule has 120 valence electrons. The number of hydrogen-bond acceptors (Lipinski definition) is 5. The lowest BCUT2D eigenvalue weighted by Crippen LogP contribution is -2.22. The van der Waals surface area contributed by atoms with Gasteiger partial charge in [-0.2, -0.15) is 5.10 Å². The van der Waals surface area contributed by atoms with Crippen LogP contribution in [-0.2, 0) is 6.54 Å². The SMILES string of the molecule is Cc1nnc([C@H](C)N[C@H](C)c2cnn(Cc3ccccc3)c2)o1. The highest BCUT2D eigenvalue weighted by Gasteiger charge is 2.17. The lowest BCUT2D eigenvalue weighted by atomic mass is 10.1. The quantitative estimate of drug-likeness (QED) is 0.758. The van der Waals surface area contributed by atoms with Gasteiger partial charge in [0.15, 0.2) is 0 Å². The van der Waals surface area contributed by atoms with Gasteiger partial charge in [0, 0.05) is 24.7 Å². The van der Waals surface area contributed by atoms with Gasteiger partial charge in [0.2, 0.25) is 11.8 Å². The molecule has 23 heavy (non-hydrogen) atoms. The first kappa shape index (κ1) is 15.4. The van der Waals surface area contributed by atoms with Gasteiger partial charge in [-0.1, -0.05) is 30.3 Å². The van der Waals surface area contributed by atoms with Crippen molar-refractivity contribution in [3.63, 3.8) is 0 Å². The molecule has 0 spiro atoms. The number of benzene rings is 1. The van der Waals surface area contributed by atoms with E-state index < -0.39 is 0 Å². The predicted octanol–water partition coefficient (Wildman–Crippen LogP) is 3.03. The number of aromatic nitrogens is 4. The van der Waals surface area contributed by atoms with E-state index in [-0.39, 0.29) is 12.1 Å². The average Bonchev–Trinajstić information content (AvgIpc) is 3.17. The zero-order valence-corrected chi connectivity index (χ0v) is 13.6. The highest BCUT2D eigenvalue weighted by molar-refractivity contribution is 5.16. The van der Waals surface area contributed by atoms with Crippen LogP contribution in [0.5, 0.6) is 0 Å². The van der Waals surface area contributed by atoms with Gasteiger partial charge in [0.25, 0.3) is 0 Å². The zero-order valence-electron chi connectivity index (χ0n) is 13.6. The molecule has 0 aliphatic carbocycles. The van der Waals surface area contributed by atoms with Gasteiger partial charge >= 0.3 is 0 Å². The first-order chi connectivity index (χ1) is 11.1. The van der Waals surface area contributed by atoms with E-state index in [1.54, 1.807) is 6.92 Å². The minimum Gasteiger partial charge on any atom is -0.424 e. The number of rotatable bonds is 6. The van der Waals surface area contributed by atoms with Crippen molar-refractivity contribution >= 4 is 0 Å². The smallest absolute Gasteiger partial charge is 0.233 e. The molecule has 1 N–H and O–H groups in total. The number of hydrogen-bond donors (Lipinski definition) is 1. The van der Waals surface area contributed by atoms with Gasteiger partial charge < -0.3 is 4.42 Å². The van der Waals surface area contributed by atoms with Crippen molar-refractivity contribution in [3.05, 3.63) is 65.6 Å². The van der Waals surface area contributed by atoms with Gasteiger partial charge in [-0.3, -0.25) is 10.00 Å². The lowest BCUT2D eigenvalue weighted by molar-refractivity contribution is 0.380. The second-order valence-corrected chi connectivity index (χ2v) is 5.73. The zero-order chi connectivity index (χ0) is 16.2. The third-order valence-corrected chi connectivity index (χ3v) is 3.75. The maximum Gasteiger partial charge on any atom is 0.233 e. The van der Waals surface area contributed by atoms with Crippen molar-refractivity contribution in [1.29, 1.82) is 0 Å². The third kappa shape index (κ3) is 3.84. The van der Waals surface area contributed by atoms with E-state index >= 15 is 0 Å². The molecular formula is C17H21N5O. The summed E-state index contributed by atoms with van der Waals surface area (Å²) in [6.45, 7) is 6.67. The van der Waals surface area contributed by atoms with Crippen LogP contribution >= 0.6 is 0 Å². The van der Waals surface area contributed by atoms with Gasteiger partial charge in [0.1, 0.15) is 0 Å². The summed E-state index contributed by atoms with van der Waals surface area (Å²) in [5.41, 5.74) is 2.36. The molecule has 3 rings (SSSR count). The van der Waals surface area contributed by atoms with Gasteiger partial charge in [-0.05, 0) is 19.4 Å². The first-order valence-electron chi connectivity index (χ1n) is 7.74. The van der Waals surface area contributed by atoms with Crippen molar-refractivity contribution in [1.82, 2.24) is 25.3 Å². The fraction of sp³-hybridized carbons (Fsp3) is 0.353. The van der Waals surface area contributed by atoms with Crippen LogP contribution in [0.25, 0.3) is 0 Å². The van der Waals surface area contributed by atoms with E-state index in [2.05, 4.69) is 45.9 Å². The first-order valence-corrected chi connectivity index (χ1v) is 7.74. The van der Waals surface area contributed by atoms with E-state index in [0.29, 0.717) is 11.8 Å². The predicted molar refractivity (Wildman–Crippen MR) is 86.8 cm³/mol. The molecule has 0 saturated heterocycles. The molecule has 0 aliphatic rings. The molecule has 2 aromatic heterocycles. The average molecular weight is 311 g/mol. The second kappa shape index (κ2) is 6.75. The molecule has 2 atom stereocenters. The van der Waals surface area contributed by atoms with Crippen LogP contribution in [0.4, 0.5) is 0 Å². The van der Waals surface area contributed by atoms with Crippen molar-refractivity contribution < 1.29 is 4.42 Å². The summed E-state index contributed by atoms with van der Waals surface area (Å²) < 4.78 is 7.41. The molecule has 1 aromatic carbocycles. The van der Waals surface area contributed by atoms with Crippen LogP contribution in [0.15, 0.2) is 47.1 Å². The second-order valence-electron chi connectivity index (χ2n) is 5.73. The van der Waals surface area contributed by atoms with Crippen LogP contribution in [0, 0.1) is 6.92 Å². The van der Waals surface area contributed by atoms with Gasteiger partial charge in [0.05, 0.1) is 18.8 Å². The Hall–Kier alpha value is -2.47. The van der Waals surface area contributed by atoms with E-state index in [4.69, 9.17) is 4.42 Å². The molecular weight excluding hydrogens is 290 g/mol. The van der Waals surface area contributed by atoms with Gasteiger partial charge in [-0.15, -0.1) is 10.2 Å². The fourth-order valence-electron chi connectivity index (χ4n) is 2.49. The van der Waals surface area contributed by atoms with Crippen LogP contribution < -0.4 is 5.32 Å².